The van der Waals surface area contributed by atoms with Crippen molar-refractivity contribution in [1.82, 2.24) is 9.62 Å². The average molecular weight is 340 g/mol. The van der Waals surface area contributed by atoms with Gasteiger partial charge >= 0.3 is 0 Å². The van der Waals surface area contributed by atoms with Crippen LogP contribution < -0.4 is 4.72 Å². The molecule has 23 heavy (non-hydrogen) atoms. The van der Waals surface area contributed by atoms with E-state index < -0.39 is 10.0 Å². The molecule has 1 amide bonds. The predicted octanol–water partition coefficient (Wildman–Crippen LogP) is 1.83. The number of rotatable bonds is 8. The molecular formula is C16H24N2O4S. The second-order valence-electron chi connectivity index (χ2n) is 6.79. The third kappa shape index (κ3) is 4.57. The van der Waals surface area contributed by atoms with Gasteiger partial charge in [0.25, 0.3) is 0 Å². The van der Waals surface area contributed by atoms with Gasteiger partial charge in [0, 0.05) is 24.9 Å². The number of sulfonamides is 1. The van der Waals surface area contributed by atoms with E-state index >= 15 is 0 Å². The van der Waals surface area contributed by atoms with Gasteiger partial charge in [-0.3, -0.25) is 4.79 Å². The molecule has 0 aliphatic heterocycles. The van der Waals surface area contributed by atoms with E-state index in [-0.39, 0.29) is 24.9 Å². The SMILES string of the molecule is C[C@@H]1C[C@H]1c1ccc(CN(C(=O)CCNS(C)(=O)=O)C2CC2)o1. The molecule has 1 heterocycles. The number of carbonyl (C=O) groups is 1. The molecule has 2 aliphatic rings. The Morgan fingerprint density at radius 2 is 2.09 bits per heavy atom. The van der Waals surface area contributed by atoms with Gasteiger partial charge in [-0.05, 0) is 37.3 Å². The molecule has 2 aliphatic carbocycles. The van der Waals surface area contributed by atoms with Crippen molar-refractivity contribution in [3.8, 4) is 0 Å². The van der Waals surface area contributed by atoms with Crippen molar-refractivity contribution in [3.63, 3.8) is 0 Å². The van der Waals surface area contributed by atoms with E-state index in [9.17, 15) is 13.2 Å². The van der Waals surface area contributed by atoms with Crippen LogP contribution >= 0.6 is 0 Å². The predicted molar refractivity (Wildman–Crippen MR) is 86.3 cm³/mol. The Balaban J connectivity index is 1.56. The van der Waals surface area contributed by atoms with Gasteiger partial charge in [-0.2, -0.15) is 0 Å². The molecule has 2 atom stereocenters. The second-order valence-corrected chi connectivity index (χ2v) is 8.63. The fourth-order valence-corrected chi connectivity index (χ4v) is 3.33. The third-order valence-corrected chi connectivity index (χ3v) is 5.22. The van der Waals surface area contributed by atoms with Gasteiger partial charge in [-0.25, -0.2) is 13.1 Å². The third-order valence-electron chi connectivity index (χ3n) is 4.49. The summed E-state index contributed by atoms with van der Waals surface area (Å²) in [7, 11) is -3.25. The number of nitrogens with one attached hydrogen (secondary N) is 1. The van der Waals surface area contributed by atoms with E-state index in [1.54, 1.807) is 0 Å². The van der Waals surface area contributed by atoms with Crippen molar-refractivity contribution >= 4 is 15.9 Å². The van der Waals surface area contributed by atoms with Crippen LogP contribution in [-0.4, -0.2) is 38.1 Å². The van der Waals surface area contributed by atoms with Crippen molar-refractivity contribution < 1.29 is 17.6 Å². The average Bonchev–Trinajstić information content (AvgIpc) is 3.36. The summed E-state index contributed by atoms with van der Waals surface area (Å²) in [4.78, 5) is 14.2. The van der Waals surface area contributed by atoms with Crippen LogP contribution in [0, 0.1) is 5.92 Å². The Bertz CT molecular complexity index is 678. The minimum Gasteiger partial charge on any atom is -0.464 e. The molecule has 2 saturated carbocycles. The van der Waals surface area contributed by atoms with Crippen LogP contribution in [0.2, 0.25) is 0 Å². The summed E-state index contributed by atoms with van der Waals surface area (Å²) in [6.45, 7) is 2.83. The maximum Gasteiger partial charge on any atom is 0.224 e. The van der Waals surface area contributed by atoms with Crippen LogP contribution in [0.25, 0.3) is 0 Å². The summed E-state index contributed by atoms with van der Waals surface area (Å²) >= 11 is 0. The fourth-order valence-electron chi connectivity index (χ4n) is 2.86. The highest BCUT2D eigenvalue weighted by Gasteiger charge is 2.37. The van der Waals surface area contributed by atoms with Crippen molar-refractivity contribution in [2.45, 2.75) is 51.1 Å². The summed E-state index contributed by atoms with van der Waals surface area (Å²) < 4.78 is 30.4. The second kappa shape index (κ2) is 6.28. The molecule has 2 fully saturated rings. The monoisotopic (exact) mass is 340 g/mol. The molecule has 1 aromatic heterocycles. The fraction of sp³-hybridized carbons (Fsp3) is 0.688. The highest BCUT2D eigenvalue weighted by atomic mass is 32.2. The molecule has 0 unspecified atom stereocenters. The van der Waals surface area contributed by atoms with Gasteiger partial charge in [-0.15, -0.1) is 0 Å². The van der Waals surface area contributed by atoms with Crippen LogP contribution in [0.3, 0.4) is 0 Å². The molecular weight excluding hydrogens is 316 g/mol. The number of furan rings is 1. The number of hydrogen-bond donors (Lipinski definition) is 1. The van der Waals surface area contributed by atoms with E-state index in [0.29, 0.717) is 18.4 Å². The van der Waals surface area contributed by atoms with Crippen molar-refractivity contribution in [1.29, 1.82) is 0 Å². The lowest BCUT2D eigenvalue weighted by atomic mass is 10.3. The maximum absolute atomic E-state index is 12.4. The van der Waals surface area contributed by atoms with E-state index in [1.165, 1.54) is 6.42 Å². The molecule has 6 nitrogen and oxygen atoms in total. The van der Waals surface area contributed by atoms with Gasteiger partial charge in [0.2, 0.25) is 15.9 Å². The molecule has 7 heteroatoms. The molecule has 1 N–H and O–H groups in total. The Hall–Kier alpha value is -1.34. The standard InChI is InChI=1S/C16H24N2O4S/c1-11-9-14(11)15-6-5-13(22-15)10-18(12-3-4-12)16(19)7-8-17-23(2,20)21/h5-6,11-12,14,17H,3-4,7-10H2,1-2H3/t11-,14-/m1/s1. The van der Waals surface area contributed by atoms with Crippen LogP contribution in [-0.2, 0) is 21.4 Å². The van der Waals surface area contributed by atoms with Crippen LogP contribution in [0.15, 0.2) is 16.5 Å². The highest BCUT2D eigenvalue weighted by molar-refractivity contribution is 7.88. The van der Waals surface area contributed by atoms with Crippen LogP contribution in [0.5, 0.6) is 0 Å². The topological polar surface area (TPSA) is 79.6 Å². The molecule has 0 aromatic carbocycles. The first-order chi connectivity index (χ1) is 10.8. The summed E-state index contributed by atoms with van der Waals surface area (Å²) in [5.74, 6) is 3.04. The lowest BCUT2D eigenvalue weighted by Gasteiger charge is -2.21. The van der Waals surface area contributed by atoms with Crippen molar-refractivity contribution in [3.05, 3.63) is 23.7 Å². The van der Waals surface area contributed by atoms with Crippen molar-refractivity contribution in [2.24, 2.45) is 5.92 Å². The van der Waals surface area contributed by atoms with Gasteiger partial charge in [0.15, 0.2) is 0 Å². The Labute approximate surface area is 137 Å². The molecule has 1 aromatic rings. The Kier molecular flexibility index (Phi) is 4.51. The zero-order valence-electron chi connectivity index (χ0n) is 13.6. The van der Waals surface area contributed by atoms with E-state index in [4.69, 9.17) is 4.42 Å². The first kappa shape index (κ1) is 16.5. The first-order valence-electron chi connectivity index (χ1n) is 8.16. The van der Waals surface area contributed by atoms with Crippen LogP contribution in [0.1, 0.15) is 50.0 Å². The van der Waals surface area contributed by atoms with E-state index in [0.717, 1.165) is 30.6 Å². The highest BCUT2D eigenvalue weighted by Crippen LogP contribution is 2.47. The zero-order valence-corrected chi connectivity index (χ0v) is 14.4. The van der Waals surface area contributed by atoms with Gasteiger partial charge in [0.1, 0.15) is 11.5 Å². The number of hydrogen-bond acceptors (Lipinski definition) is 4. The zero-order chi connectivity index (χ0) is 16.6. The van der Waals surface area contributed by atoms with Gasteiger partial charge in [0.05, 0.1) is 12.8 Å². The summed E-state index contributed by atoms with van der Waals surface area (Å²) in [6.07, 6.45) is 4.47. The molecule has 3 rings (SSSR count). The maximum atomic E-state index is 12.4. The smallest absolute Gasteiger partial charge is 0.224 e. The number of carbonyl (C=O) groups excluding carboxylic acids is 1. The largest absolute Gasteiger partial charge is 0.464 e. The van der Waals surface area contributed by atoms with Gasteiger partial charge in [-0.1, -0.05) is 6.92 Å². The lowest BCUT2D eigenvalue weighted by molar-refractivity contribution is -0.132. The van der Waals surface area contributed by atoms with E-state index in [1.807, 2.05) is 17.0 Å². The quantitative estimate of drug-likeness (QED) is 0.783. The number of amides is 1. The minimum atomic E-state index is -3.25. The minimum absolute atomic E-state index is 0.0265. The number of nitrogens with zero attached hydrogens (tertiary/aromatic N) is 1. The van der Waals surface area contributed by atoms with Crippen molar-refractivity contribution in [2.75, 3.05) is 12.8 Å². The molecule has 0 radical (unpaired) electrons. The lowest BCUT2D eigenvalue weighted by Crippen LogP contribution is -2.35. The normalized spacial score (nSPS) is 23.7. The summed E-state index contributed by atoms with van der Waals surface area (Å²) in [5, 5.41) is 0. The van der Waals surface area contributed by atoms with Crippen LogP contribution in [0.4, 0.5) is 0 Å². The van der Waals surface area contributed by atoms with E-state index in [2.05, 4.69) is 11.6 Å². The molecule has 0 spiro atoms. The summed E-state index contributed by atoms with van der Waals surface area (Å²) in [5.41, 5.74) is 0. The summed E-state index contributed by atoms with van der Waals surface area (Å²) in [6, 6.07) is 4.25. The molecule has 0 bridgehead atoms. The Morgan fingerprint density at radius 1 is 1.39 bits per heavy atom. The van der Waals surface area contributed by atoms with Gasteiger partial charge < -0.3 is 9.32 Å². The molecule has 128 valence electrons. The Morgan fingerprint density at radius 3 is 2.65 bits per heavy atom. The molecule has 0 saturated heterocycles. The first-order valence-corrected chi connectivity index (χ1v) is 10.1.